The highest BCUT2D eigenvalue weighted by molar-refractivity contribution is 6.01. The van der Waals surface area contributed by atoms with Crippen molar-refractivity contribution in [2.75, 3.05) is 19.6 Å². The van der Waals surface area contributed by atoms with E-state index in [1.807, 2.05) is 0 Å². The van der Waals surface area contributed by atoms with E-state index in [1.165, 1.54) is 43.8 Å². The molecule has 4 heteroatoms. The molecule has 0 aliphatic heterocycles. The highest BCUT2D eigenvalue weighted by atomic mass is 15.2. The Morgan fingerprint density at radius 3 is 0.750 bits per heavy atom. The van der Waals surface area contributed by atoms with Crippen LogP contribution in [0.25, 0.3) is 54.9 Å². The summed E-state index contributed by atoms with van der Waals surface area (Å²) >= 11 is 0. The van der Waals surface area contributed by atoms with Gasteiger partial charge in [0.1, 0.15) is 0 Å². The van der Waals surface area contributed by atoms with Crippen molar-refractivity contribution >= 4 is 89.8 Å². The molecule has 0 amide bonds. The third-order valence-electron chi connectivity index (χ3n) is 15.8. The van der Waals surface area contributed by atoms with Gasteiger partial charge in [0.2, 0.25) is 0 Å². The minimum Gasteiger partial charge on any atom is -0.310 e. The smallest absolute Gasteiger partial charge is 0.0540 e. The predicted octanol–water partition coefficient (Wildman–Crippen LogP) is 22.9. The Morgan fingerprint density at radius 2 is 0.381 bits per heavy atom. The van der Waals surface area contributed by atoms with E-state index in [2.05, 4.69) is 371 Å². The molecule has 398 valence electrons. The Balaban J connectivity index is 0.801. The Hall–Kier alpha value is -11.2. The molecule has 0 fully saturated rings. The van der Waals surface area contributed by atoms with Crippen LogP contribution in [0.3, 0.4) is 0 Å². The van der Waals surface area contributed by atoms with Crippen LogP contribution >= 0.6 is 0 Å². The zero-order chi connectivity index (χ0) is 56.0. The molecular formula is C80H58N4. The number of anilines is 12. The van der Waals surface area contributed by atoms with Gasteiger partial charge in [-0.25, -0.2) is 0 Å². The lowest BCUT2D eigenvalue weighted by atomic mass is 10.0. The molecule has 14 rings (SSSR count). The van der Waals surface area contributed by atoms with Gasteiger partial charge in [0.05, 0.1) is 11.4 Å². The van der Waals surface area contributed by atoms with E-state index < -0.39 is 0 Å². The summed E-state index contributed by atoms with van der Waals surface area (Å²) in [4.78, 5) is 9.44. The second-order valence-electron chi connectivity index (χ2n) is 21.0. The van der Waals surface area contributed by atoms with Crippen LogP contribution in [0.2, 0.25) is 0 Å². The zero-order valence-corrected chi connectivity index (χ0v) is 46.3. The van der Waals surface area contributed by atoms with Crippen molar-refractivity contribution in [3.63, 3.8) is 0 Å². The second-order valence-corrected chi connectivity index (χ2v) is 21.0. The molecule has 4 nitrogen and oxygen atoms in total. The largest absolute Gasteiger partial charge is 0.310 e. The van der Waals surface area contributed by atoms with E-state index in [-0.39, 0.29) is 0 Å². The summed E-state index contributed by atoms with van der Waals surface area (Å²) in [5, 5.41) is 4.74. The van der Waals surface area contributed by atoms with Gasteiger partial charge in [-0.2, -0.15) is 0 Å². The molecule has 14 aromatic carbocycles. The van der Waals surface area contributed by atoms with Crippen molar-refractivity contribution in [1.29, 1.82) is 0 Å². The molecule has 14 aromatic rings. The molecule has 0 saturated heterocycles. The molecule has 0 atom stereocenters. The van der Waals surface area contributed by atoms with Crippen LogP contribution in [-0.2, 0) is 0 Å². The van der Waals surface area contributed by atoms with E-state index >= 15 is 0 Å². The first-order valence-corrected chi connectivity index (χ1v) is 28.6. The van der Waals surface area contributed by atoms with Crippen molar-refractivity contribution in [2.45, 2.75) is 0 Å². The Morgan fingerprint density at radius 1 is 0.143 bits per heavy atom. The number of rotatable bonds is 15. The molecular weight excluding hydrogens is 1020 g/mol. The van der Waals surface area contributed by atoms with Gasteiger partial charge in [0, 0.05) is 67.6 Å². The maximum absolute atomic E-state index is 2.39. The summed E-state index contributed by atoms with van der Waals surface area (Å²) in [6.45, 7) is 0. The van der Waals surface area contributed by atoms with Gasteiger partial charge in [-0.15, -0.1) is 0 Å². The summed E-state index contributed by atoms with van der Waals surface area (Å²) in [5.74, 6) is 0. The van der Waals surface area contributed by atoms with Gasteiger partial charge in [-0.1, -0.05) is 218 Å². The maximum Gasteiger partial charge on any atom is 0.0540 e. The van der Waals surface area contributed by atoms with Gasteiger partial charge in [0.15, 0.2) is 0 Å². The first kappa shape index (κ1) is 51.0. The zero-order valence-electron chi connectivity index (χ0n) is 46.3. The van der Waals surface area contributed by atoms with Crippen molar-refractivity contribution < 1.29 is 0 Å². The molecule has 0 spiro atoms. The maximum atomic E-state index is 2.39. The number of benzene rings is 14. The minimum atomic E-state index is 1.06. The lowest BCUT2D eigenvalue weighted by Gasteiger charge is -2.29. The number of hydrogen-bond donors (Lipinski definition) is 0. The Labute approximate surface area is 491 Å². The SMILES string of the molecule is c1ccc(-c2cccc(N(c3ccccc3)c3ccc(N(c4ccc(-c5ccc(N(c6ccc(N(c7ccccc7)c7cccc(-c8ccccc8)c7)cc6)c6cccc7ccccc67)cc5)cc4)c4cccc5ccccc45)cc3)c2)cc1. The lowest BCUT2D eigenvalue weighted by Crippen LogP contribution is -2.12. The van der Waals surface area contributed by atoms with E-state index in [0.29, 0.717) is 0 Å². The van der Waals surface area contributed by atoms with Crippen LogP contribution in [0.15, 0.2) is 352 Å². The summed E-state index contributed by atoms with van der Waals surface area (Å²) in [7, 11) is 0. The van der Waals surface area contributed by atoms with Crippen molar-refractivity contribution in [2.24, 2.45) is 0 Å². The fraction of sp³-hybridized carbons (Fsp3) is 0. The van der Waals surface area contributed by atoms with Gasteiger partial charge >= 0.3 is 0 Å². The molecule has 0 heterocycles. The molecule has 0 aliphatic rings. The standard InChI is InChI=1S/C80H58N4/c1-5-21-59(22-6-1)65-29-17-35-75(57-65)81(67-31-9-3-10-32-67)69-49-53-73(54-50-69)83(79-39-19-27-63-25-13-15-37-77(63)79)71-45-41-61(42-46-71)62-43-47-72(48-44-62)84(80-40-20-28-64-26-14-16-38-78(64)80)74-55-51-70(52-56-74)82(68-33-11-4-12-34-68)76-36-18-30-66(58-76)60-23-7-2-8-24-60/h1-58H. The van der Waals surface area contributed by atoms with Crippen molar-refractivity contribution in [3.05, 3.63) is 352 Å². The average Bonchev–Trinajstić information content (AvgIpc) is 3.16. The van der Waals surface area contributed by atoms with Crippen molar-refractivity contribution in [3.8, 4) is 33.4 Å². The van der Waals surface area contributed by atoms with Crippen LogP contribution in [-0.4, -0.2) is 0 Å². The van der Waals surface area contributed by atoms with Crippen molar-refractivity contribution in [1.82, 2.24) is 0 Å². The summed E-state index contributed by atoms with van der Waals surface area (Å²) in [6, 6.07) is 127. The van der Waals surface area contributed by atoms with Gasteiger partial charge < -0.3 is 19.6 Å². The summed E-state index contributed by atoms with van der Waals surface area (Å²) in [5.41, 5.74) is 20.0. The van der Waals surface area contributed by atoms with E-state index in [4.69, 9.17) is 0 Å². The van der Waals surface area contributed by atoms with Crippen LogP contribution in [0.1, 0.15) is 0 Å². The molecule has 0 saturated carbocycles. The van der Waals surface area contributed by atoms with Crippen LogP contribution in [0.5, 0.6) is 0 Å². The predicted molar refractivity (Wildman–Crippen MR) is 356 cm³/mol. The topological polar surface area (TPSA) is 13.0 Å². The summed E-state index contributed by atoms with van der Waals surface area (Å²) in [6.07, 6.45) is 0. The highest BCUT2D eigenvalue weighted by Crippen LogP contribution is 2.45. The fourth-order valence-electron chi connectivity index (χ4n) is 11.7. The Kier molecular flexibility index (Phi) is 14.0. The molecule has 0 N–H and O–H groups in total. The third-order valence-corrected chi connectivity index (χ3v) is 15.8. The molecule has 0 aliphatic carbocycles. The quantitative estimate of drug-likeness (QED) is 0.101. The molecule has 0 unspecified atom stereocenters. The Bertz CT molecular complexity index is 4210. The van der Waals surface area contributed by atoms with Gasteiger partial charge in [0.25, 0.3) is 0 Å². The minimum absolute atomic E-state index is 1.06. The molecule has 0 bridgehead atoms. The first-order chi connectivity index (χ1) is 41.7. The highest BCUT2D eigenvalue weighted by Gasteiger charge is 2.21. The molecule has 0 radical (unpaired) electrons. The van der Waals surface area contributed by atoms with Gasteiger partial charge in [-0.05, 0) is 178 Å². The van der Waals surface area contributed by atoms with E-state index in [9.17, 15) is 0 Å². The molecule has 0 aromatic heterocycles. The fourth-order valence-corrected chi connectivity index (χ4v) is 11.7. The normalized spacial score (nSPS) is 11.1. The van der Waals surface area contributed by atoms with E-state index in [0.717, 1.165) is 79.4 Å². The second kappa shape index (κ2) is 23.1. The van der Waals surface area contributed by atoms with Crippen LogP contribution in [0.4, 0.5) is 68.2 Å². The molecule has 84 heavy (non-hydrogen) atoms. The first-order valence-electron chi connectivity index (χ1n) is 28.6. The van der Waals surface area contributed by atoms with Crippen LogP contribution in [0, 0.1) is 0 Å². The number of nitrogens with zero attached hydrogens (tertiary/aromatic N) is 4. The van der Waals surface area contributed by atoms with Crippen LogP contribution < -0.4 is 19.6 Å². The lowest BCUT2D eigenvalue weighted by molar-refractivity contribution is 1.26. The van der Waals surface area contributed by atoms with Gasteiger partial charge in [-0.3, -0.25) is 0 Å². The monoisotopic (exact) mass is 1070 g/mol. The van der Waals surface area contributed by atoms with E-state index in [1.54, 1.807) is 0 Å². The average molecular weight is 1080 g/mol. The number of para-hydroxylation sites is 2. The number of hydrogen-bond acceptors (Lipinski definition) is 4. The summed E-state index contributed by atoms with van der Waals surface area (Å²) < 4.78 is 0. The third kappa shape index (κ3) is 10.3. The number of fused-ring (bicyclic) bond motifs is 2.